The molecule has 0 saturated carbocycles. The van der Waals surface area contributed by atoms with Crippen LogP contribution in [0.25, 0.3) is 0 Å². The molecular weight excluding hydrogens is 383 g/mol. The first-order chi connectivity index (χ1) is 13.0. The molecule has 0 aliphatic rings. The summed E-state index contributed by atoms with van der Waals surface area (Å²) in [7, 11) is 1.74. The van der Waals surface area contributed by atoms with E-state index >= 15 is 0 Å². The zero-order valence-corrected chi connectivity index (χ0v) is 16.5. The Bertz CT molecular complexity index is 976. The number of ether oxygens (including phenoxy) is 1. The van der Waals surface area contributed by atoms with Crippen LogP contribution in [0.3, 0.4) is 0 Å². The molecule has 4 nitrogen and oxygen atoms in total. The molecule has 1 heterocycles. The molecule has 3 aromatic rings. The van der Waals surface area contributed by atoms with Gasteiger partial charge in [0.2, 0.25) is 5.88 Å². The van der Waals surface area contributed by atoms with Gasteiger partial charge in [-0.05, 0) is 42.3 Å². The number of hydrogen-bond donors (Lipinski definition) is 0. The topological polar surface area (TPSA) is 42.4 Å². The number of benzene rings is 2. The first-order valence-corrected chi connectivity index (χ1v) is 9.20. The Morgan fingerprint density at radius 3 is 2.67 bits per heavy atom. The lowest BCUT2D eigenvalue weighted by Crippen LogP contribution is -2.27. The van der Waals surface area contributed by atoms with E-state index in [-0.39, 0.29) is 11.8 Å². The summed E-state index contributed by atoms with van der Waals surface area (Å²) in [5.41, 5.74) is 2.26. The largest absolute Gasteiger partial charge is 0.437 e. The molecular formula is C21H18Cl2N2O2. The fourth-order valence-electron chi connectivity index (χ4n) is 2.72. The molecule has 0 aliphatic heterocycles. The molecule has 0 saturated heterocycles. The van der Waals surface area contributed by atoms with Gasteiger partial charge in [-0.1, -0.05) is 48.3 Å². The van der Waals surface area contributed by atoms with Crippen LogP contribution in [0.2, 0.25) is 10.0 Å². The number of para-hydroxylation sites is 1. The van der Waals surface area contributed by atoms with Gasteiger partial charge in [-0.15, -0.1) is 0 Å². The van der Waals surface area contributed by atoms with E-state index in [9.17, 15) is 4.79 Å². The highest BCUT2D eigenvalue weighted by atomic mass is 35.5. The molecule has 2 aromatic carbocycles. The molecule has 0 fully saturated rings. The van der Waals surface area contributed by atoms with Crippen LogP contribution in [0.15, 0.2) is 60.8 Å². The van der Waals surface area contributed by atoms with Crippen LogP contribution in [0, 0.1) is 0 Å². The summed E-state index contributed by atoms with van der Waals surface area (Å²) in [4.78, 5) is 18.9. The van der Waals surface area contributed by atoms with E-state index in [1.165, 1.54) is 0 Å². The second kappa shape index (κ2) is 8.42. The highest BCUT2D eigenvalue weighted by molar-refractivity contribution is 6.34. The van der Waals surface area contributed by atoms with E-state index in [4.69, 9.17) is 27.9 Å². The van der Waals surface area contributed by atoms with Crippen molar-refractivity contribution in [3.05, 3.63) is 82.0 Å². The zero-order chi connectivity index (χ0) is 19.4. The van der Waals surface area contributed by atoms with Crippen molar-refractivity contribution in [2.24, 2.45) is 0 Å². The predicted molar refractivity (Wildman–Crippen MR) is 109 cm³/mol. The van der Waals surface area contributed by atoms with E-state index < -0.39 is 0 Å². The minimum absolute atomic E-state index is 0.174. The number of pyridine rings is 1. The number of nitrogens with zero attached hydrogens (tertiary/aromatic N) is 2. The van der Waals surface area contributed by atoms with Crippen molar-refractivity contribution in [2.45, 2.75) is 13.3 Å². The molecule has 27 heavy (non-hydrogen) atoms. The normalized spacial score (nSPS) is 10.5. The molecule has 0 aliphatic carbocycles. The maximum atomic E-state index is 13.1. The number of carbonyl (C=O) groups is 1. The molecule has 0 radical (unpaired) electrons. The van der Waals surface area contributed by atoms with Gasteiger partial charge in [0, 0.05) is 30.0 Å². The quantitative estimate of drug-likeness (QED) is 0.525. The number of hydrogen-bond acceptors (Lipinski definition) is 3. The molecule has 1 amide bonds. The Hall–Kier alpha value is -2.56. The van der Waals surface area contributed by atoms with Crippen molar-refractivity contribution >= 4 is 34.8 Å². The average Bonchev–Trinajstić information content (AvgIpc) is 2.70. The molecule has 138 valence electrons. The van der Waals surface area contributed by atoms with Crippen LogP contribution >= 0.6 is 23.2 Å². The number of halogens is 2. The maximum Gasteiger partial charge on any atom is 0.263 e. The number of carbonyl (C=O) groups excluding carboxylic acids is 1. The summed E-state index contributed by atoms with van der Waals surface area (Å²) in [6.07, 6.45) is 2.38. The van der Waals surface area contributed by atoms with Crippen molar-refractivity contribution in [3.63, 3.8) is 0 Å². The van der Waals surface area contributed by atoms with Gasteiger partial charge >= 0.3 is 0 Å². The maximum absolute atomic E-state index is 13.1. The van der Waals surface area contributed by atoms with Gasteiger partial charge in [-0.2, -0.15) is 0 Å². The van der Waals surface area contributed by atoms with E-state index in [0.29, 0.717) is 21.4 Å². The van der Waals surface area contributed by atoms with Gasteiger partial charge in [0.1, 0.15) is 11.3 Å². The molecule has 0 N–H and O–H groups in total. The van der Waals surface area contributed by atoms with Gasteiger partial charge in [0.25, 0.3) is 5.91 Å². The third-order valence-corrected chi connectivity index (χ3v) is 4.69. The molecule has 0 spiro atoms. The third-order valence-electron chi connectivity index (χ3n) is 4.14. The number of rotatable bonds is 5. The Labute approximate surface area is 168 Å². The summed E-state index contributed by atoms with van der Waals surface area (Å²) in [6.45, 7) is 2.05. The van der Waals surface area contributed by atoms with Crippen LogP contribution in [-0.4, -0.2) is 17.9 Å². The summed E-state index contributed by atoms with van der Waals surface area (Å²) >= 11 is 12.2. The highest BCUT2D eigenvalue weighted by Gasteiger charge is 2.21. The van der Waals surface area contributed by atoms with Crippen LogP contribution in [-0.2, 0) is 6.42 Å². The molecule has 3 rings (SSSR count). The standard InChI is InChI=1S/C21H18Cl2N2O2/c1-3-14-7-4-5-9-18(14)25(2)21(26)16-8-6-12-24-20(16)27-19-13-15(22)10-11-17(19)23/h4-13H,3H2,1-2H3. The summed E-state index contributed by atoms with van der Waals surface area (Å²) in [5.74, 6) is 0.290. The molecule has 0 bridgehead atoms. The van der Waals surface area contributed by atoms with E-state index in [0.717, 1.165) is 17.7 Å². The predicted octanol–water partition coefficient (Wildman–Crippen LogP) is 6.02. The average molecular weight is 401 g/mol. The Balaban J connectivity index is 1.95. The third kappa shape index (κ3) is 4.24. The van der Waals surface area contributed by atoms with Crippen molar-refractivity contribution in [2.75, 3.05) is 11.9 Å². The lowest BCUT2D eigenvalue weighted by Gasteiger charge is -2.21. The first-order valence-electron chi connectivity index (χ1n) is 8.45. The van der Waals surface area contributed by atoms with Gasteiger partial charge in [-0.3, -0.25) is 4.79 Å². The first kappa shape index (κ1) is 19.2. The van der Waals surface area contributed by atoms with Crippen LogP contribution in [0.4, 0.5) is 5.69 Å². The Morgan fingerprint density at radius 2 is 1.89 bits per heavy atom. The van der Waals surface area contributed by atoms with Crippen molar-refractivity contribution < 1.29 is 9.53 Å². The number of aryl methyl sites for hydroxylation is 1. The zero-order valence-electron chi connectivity index (χ0n) is 14.9. The second-order valence-electron chi connectivity index (χ2n) is 5.88. The number of aromatic nitrogens is 1. The monoisotopic (exact) mass is 400 g/mol. The lowest BCUT2D eigenvalue weighted by molar-refractivity contribution is 0.0990. The Kier molecular flexibility index (Phi) is 5.99. The Morgan fingerprint density at radius 1 is 1.11 bits per heavy atom. The summed E-state index contributed by atoms with van der Waals surface area (Å²) in [6, 6.07) is 16.0. The fraction of sp³-hybridized carbons (Fsp3) is 0.143. The molecule has 6 heteroatoms. The van der Waals surface area contributed by atoms with Crippen molar-refractivity contribution in [3.8, 4) is 11.6 Å². The minimum atomic E-state index is -0.225. The fourth-order valence-corrected chi connectivity index (χ4v) is 3.04. The van der Waals surface area contributed by atoms with Crippen molar-refractivity contribution in [1.29, 1.82) is 0 Å². The lowest BCUT2D eigenvalue weighted by atomic mass is 10.1. The smallest absolute Gasteiger partial charge is 0.263 e. The number of anilines is 1. The van der Waals surface area contributed by atoms with Gasteiger partial charge in [0.15, 0.2) is 0 Å². The van der Waals surface area contributed by atoms with Gasteiger partial charge in [0.05, 0.1) is 5.02 Å². The molecule has 0 unspecified atom stereocenters. The van der Waals surface area contributed by atoms with Crippen molar-refractivity contribution in [1.82, 2.24) is 4.98 Å². The van der Waals surface area contributed by atoms with Crippen LogP contribution in [0.5, 0.6) is 11.6 Å². The van der Waals surface area contributed by atoms with Crippen LogP contribution < -0.4 is 9.64 Å². The molecule has 0 atom stereocenters. The van der Waals surface area contributed by atoms with E-state index in [2.05, 4.69) is 11.9 Å². The van der Waals surface area contributed by atoms with Crippen LogP contribution in [0.1, 0.15) is 22.8 Å². The van der Waals surface area contributed by atoms with Gasteiger partial charge < -0.3 is 9.64 Å². The summed E-state index contributed by atoms with van der Waals surface area (Å²) in [5, 5.41) is 0.861. The summed E-state index contributed by atoms with van der Waals surface area (Å²) < 4.78 is 5.81. The highest BCUT2D eigenvalue weighted by Crippen LogP contribution is 2.33. The number of amides is 1. The minimum Gasteiger partial charge on any atom is -0.437 e. The molecule has 1 aromatic heterocycles. The van der Waals surface area contributed by atoms with E-state index in [1.54, 1.807) is 48.5 Å². The van der Waals surface area contributed by atoms with Gasteiger partial charge in [-0.25, -0.2) is 4.98 Å². The second-order valence-corrected chi connectivity index (χ2v) is 6.72. The van der Waals surface area contributed by atoms with E-state index in [1.807, 2.05) is 24.3 Å². The SMILES string of the molecule is CCc1ccccc1N(C)C(=O)c1cccnc1Oc1cc(Cl)ccc1Cl.